The normalized spacial score (nSPS) is 17.3. The highest BCUT2D eigenvalue weighted by molar-refractivity contribution is 5.48. The minimum absolute atomic E-state index is 0.0752. The largest absolute Gasteiger partial charge is 0.486 e. The third kappa shape index (κ3) is 2.44. The van der Waals surface area contributed by atoms with Gasteiger partial charge in [-0.1, -0.05) is 6.92 Å². The minimum Gasteiger partial charge on any atom is -0.486 e. The summed E-state index contributed by atoms with van der Waals surface area (Å²) in [5.74, 6) is 1.61. The van der Waals surface area contributed by atoms with Crippen LogP contribution in [0.3, 0.4) is 0 Å². The van der Waals surface area contributed by atoms with Crippen molar-refractivity contribution in [1.29, 1.82) is 0 Å². The van der Waals surface area contributed by atoms with Gasteiger partial charge in [-0.2, -0.15) is 0 Å². The number of aryl methyl sites for hydroxylation is 1. The third-order valence-electron chi connectivity index (χ3n) is 3.56. The van der Waals surface area contributed by atoms with E-state index < -0.39 is 0 Å². The smallest absolute Gasteiger partial charge is 0.161 e. The molecule has 100 valence electrons. The van der Waals surface area contributed by atoms with Gasteiger partial charge < -0.3 is 20.3 Å². The molecule has 1 aliphatic rings. The average molecular weight is 251 g/mol. The summed E-state index contributed by atoms with van der Waals surface area (Å²) < 4.78 is 11.1. The number of rotatable bonds is 4. The van der Waals surface area contributed by atoms with Gasteiger partial charge in [0, 0.05) is 18.6 Å². The lowest BCUT2D eigenvalue weighted by atomic mass is 9.89. The van der Waals surface area contributed by atoms with Crippen molar-refractivity contribution in [3.8, 4) is 11.5 Å². The van der Waals surface area contributed by atoms with Crippen molar-refractivity contribution in [2.45, 2.75) is 26.3 Å². The molecule has 0 spiro atoms. The van der Waals surface area contributed by atoms with Gasteiger partial charge >= 0.3 is 0 Å². The molecule has 3 N–H and O–H groups in total. The molecule has 4 heteroatoms. The highest BCUT2D eigenvalue weighted by atomic mass is 16.6. The Labute approximate surface area is 108 Å². The number of hydrogen-bond acceptors (Lipinski definition) is 4. The number of aliphatic hydroxyl groups excluding tert-OH is 1. The van der Waals surface area contributed by atoms with E-state index in [-0.39, 0.29) is 18.6 Å². The zero-order valence-electron chi connectivity index (χ0n) is 11.0. The molecule has 0 amide bonds. The Morgan fingerprint density at radius 3 is 2.44 bits per heavy atom. The number of benzene rings is 1. The van der Waals surface area contributed by atoms with Gasteiger partial charge in [0.15, 0.2) is 11.5 Å². The Morgan fingerprint density at radius 2 is 1.89 bits per heavy atom. The Balaban J connectivity index is 2.32. The minimum atomic E-state index is -0.171. The van der Waals surface area contributed by atoms with Gasteiger partial charge in [0.2, 0.25) is 0 Å². The molecule has 1 aromatic rings. The number of ether oxygens (including phenoxy) is 2. The van der Waals surface area contributed by atoms with E-state index >= 15 is 0 Å². The fourth-order valence-corrected chi connectivity index (χ4v) is 2.32. The van der Waals surface area contributed by atoms with Crippen LogP contribution in [0.1, 0.15) is 30.5 Å². The maximum Gasteiger partial charge on any atom is 0.161 e. The van der Waals surface area contributed by atoms with Crippen LogP contribution >= 0.6 is 0 Å². The quantitative estimate of drug-likeness (QED) is 0.856. The Morgan fingerprint density at radius 1 is 1.28 bits per heavy atom. The molecule has 18 heavy (non-hydrogen) atoms. The molecule has 1 aromatic carbocycles. The monoisotopic (exact) mass is 251 g/mol. The van der Waals surface area contributed by atoms with Gasteiger partial charge in [-0.3, -0.25) is 0 Å². The summed E-state index contributed by atoms with van der Waals surface area (Å²) in [7, 11) is 0. The van der Waals surface area contributed by atoms with Crippen LogP contribution in [0.4, 0.5) is 0 Å². The van der Waals surface area contributed by atoms with Crippen LogP contribution in [0.5, 0.6) is 11.5 Å². The summed E-state index contributed by atoms with van der Waals surface area (Å²) >= 11 is 0. The second-order valence-electron chi connectivity index (χ2n) is 4.73. The Hall–Kier alpha value is -1.26. The molecule has 4 nitrogen and oxygen atoms in total. The molecule has 0 aliphatic carbocycles. The molecule has 0 bridgehead atoms. The predicted octanol–water partition coefficient (Wildman–Crippen LogP) is 1.78. The maximum absolute atomic E-state index is 9.35. The number of fused-ring (bicyclic) bond motifs is 1. The lowest BCUT2D eigenvalue weighted by Crippen LogP contribution is -2.25. The van der Waals surface area contributed by atoms with Crippen molar-refractivity contribution < 1.29 is 14.6 Å². The summed E-state index contributed by atoms with van der Waals surface area (Å²) in [5, 5.41) is 9.35. The van der Waals surface area contributed by atoms with Crippen molar-refractivity contribution in [1.82, 2.24) is 0 Å². The van der Waals surface area contributed by atoms with Crippen molar-refractivity contribution in [2.75, 3.05) is 19.8 Å². The highest BCUT2D eigenvalue weighted by Gasteiger charge is 2.22. The molecule has 2 atom stereocenters. The lowest BCUT2D eigenvalue weighted by molar-refractivity contribution is 0.170. The van der Waals surface area contributed by atoms with Crippen LogP contribution in [0.2, 0.25) is 0 Å². The van der Waals surface area contributed by atoms with E-state index in [1.54, 1.807) is 0 Å². The van der Waals surface area contributed by atoms with E-state index in [4.69, 9.17) is 15.2 Å². The van der Waals surface area contributed by atoms with Crippen LogP contribution in [0.15, 0.2) is 12.1 Å². The fourth-order valence-electron chi connectivity index (χ4n) is 2.32. The molecule has 1 heterocycles. The third-order valence-corrected chi connectivity index (χ3v) is 3.56. The second kappa shape index (κ2) is 5.59. The first-order chi connectivity index (χ1) is 8.67. The van der Waals surface area contributed by atoms with E-state index in [2.05, 4.69) is 0 Å². The fraction of sp³-hybridized carbons (Fsp3) is 0.571. The molecular weight excluding hydrogens is 230 g/mol. The molecule has 0 radical (unpaired) electrons. The lowest BCUT2D eigenvalue weighted by Gasteiger charge is -2.25. The van der Waals surface area contributed by atoms with Crippen LogP contribution in [0.25, 0.3) is 0 Å². The highest BCUT2D eigenvalue weighted by Crippen LogP contribution is 2.36. The van der Waals surface area contributed by atoms with E-state index in [9.17, 15) is 5.11 Å². The SMILES string of the molecule is CCC(CO)C(N)c1cc2c(cc1C)OCCO2. The van der Waals surface area contributed by atoms with Crippen LogP contribution in [0, 0.1) is 12.8 Å². The van der Waals surface area contributed by atoms with Crippen molar-refractivity contribution in [2.24, 2.45) is 11.7 Å². The number of hydrogen-bond donors (Lipinski definition) is 2. The topological polar surface area (TPSA) is 64.7 Å². The van der Waals surface area contributed by atoms with Gasteiger partial charge in [-0.15, -0.1) is 0 Å². The van der Waals surface area contributed by atoms with Crippen molar-refractivity contribution in [3.63, 3.8) is 0 Å². The van der Waals surface area contributed by atoms with Gasteiger partial charge in [0.1, 0.15) is 13.2 Å². The van der Waals surface area contributed by atoms with Gasteiger partial charge in [0.25, 0.3) is 0 Å². The summed E-state index contributed by atoms with van der Waals surface area (Å²) in [6.07, 6.45) is 0.853. The summed E-state index contributed by atoms with van der Waals surface area (Å²) in [6, 6.07) is 3.75. The van der Waals surface area contributed by atoms with Crippen molar-refractivity contribution >= 4 is 0 Å². The van der Waals surface area contributed by atoms with E-state index in [1.807, 2.05) is 26.0 Å². The standard InChI is InChI=1S/C14H21NO3/c1-3-10(8-16)14(15)11-7-13-12(6-9(11)2)17-4-5-18-13/h6-7,10,14,16H,3-5,8,15H2,1-2H3. The Bertz CT molecular complexity index is 416. The second-order valence-corrected chi connectivity index (χ2v) is 4.73. The predicted molar refractivity (Wildman–Crippen MR) is 70.0 cm³/mol. The average Bonchev–Trinajstić information content (AvgIpc) is 2.39. The summed E-state index contributed by atoms with van der Waals surface area (Å²) in [4.78, 5) is 0. The van der Waals surface area contributed by atoms with Crippen molar-refractivity contribution in [3.05, 3.63) is 23.3 Å². The molecular formula is C14H21NO3. The summed E-state index contributed by atoms with van der Waals surface area (Å²) in [5.41, 5.74) is 8.35. The van der Waals surface area contributed by atoms with E-state index in [0.717, 1.165) is 29.0 Å². The molecule has 0 fully saturated rings. The first-order valence-electron chi connectivity index (χ1n) is 6.44. The molecule has 0 aromatic heterocycles. The summed E-state index contributed by atoms with van der Waals surface area (Å²) in [6.45, 7) is 5.31. The van der Waals surface area contributed by atoms with Crippen LogP contribution in [-0.2, 0) is 0 Å². The van der Waals surface area contributed by atoms with Crippen LogP contribution < -0.4 is 15.2 Å². The zero-order valence-corrected chi connectivity index (χ0v) is 11.0. The van der Waals surface area contributed by atoms with E-state index in [1.165, 1.54) is 0 Å². The number of aliphatic hydroxyl groups is 1. The molecule has 2 unspecified atom stereocenters. The molecule has 0 saturated heterocycles. The Kier molecular flexibility index (Phi) is 4.09. The van der Waals surface area contributed by atoms with Gasteiger partial charge in [-0.25, -0.2) is 0 Å². The first kappa shape index (κ1) is 13.2. The van der Waals surface area contributed by atoms with E-state index in [0.29, 0.717) is 13.2 Å². The molecule has 0 saturated carbocycles. The molecule has 1 aliphatic heterocycles. The van der Waals surface area contributed by atoms with Gasteiger partial charge in [-0.05, 0) is 36.6 Å². The first-order valence-corrected chi connectivity index (χ1v) is 6.44. The zero-order chi connectivity index (χ0) is 13.1. The number of nitrogens with two attached hydrogens (primary N) is 1. The van der Waals surface area contributed by atoms with Crippen LogP contribution in [-0.4, -0.2) is 24.9 Å². The van der Waals surface area contributed by atoms with Gasteiger partial charge in [0.05, 0.1) is 0 Å². The molecule has 2 rings (SSSR count). The maximum atomic E-state index is 9.35.